The molecule has 1 fully saturated rings. The predicted molar refractivity (Wildman–Crippen MR) is 116 cm³/mol. The molecule has 1 aliphatic carbocycles. The smallest absolute Gasteiger partial charge is 0.266 e. The van der Waals surface area contributed by atoms with Crippen LogP contribution in [-0.4, -0.2) is 34.6 Å². The number of likely N-dealkylation sites (N-methyl/N-ethyl adjacent to an activating group) is 1. The Bertz CT molecular complexity index is 1080. The summed E-state index contributed by atoms with van der Waals surface area (Å²) in [5.74, 6) is -0.0281. The first-order chi connectivity index (χ1) is 13.5. The molecule has 0 unspecified atom stereocenters. The Hall–Kier alpha value is -2.30. The molecule has 5 nitrogen and oxygen atoms in total. The maximum Gasteiger partial charge on any atom is 0.266 e. The highest BCUT2D eigenvalue weighted by molar-refractivity contribution is 8.18. The number of carbonyl (C=O) groups is 1. The molecule has 1 aliphatic heterocycles. The van der Waals surface area contributed by atoms with Crippen LogP contribution in [0.3, 0.4) is 0 Å². The van der Waals surface area contributed by atoms with E-state index in [1.807, 2.05) is 6.08 Å². The van der Waals surface area contributed by atoms with Crippen molar-refractivity contribution in [3.05, 3.63) is 43.9 Å². The van der Waals surface area contributed by atoms with Crippen molar-refractivity contribution in [2.24, 2.45) is 4.99 Å². The highest BCUT2D eigenvalue weighted by Gasteiger charge is 2.30. The lowest BCUT2D eigenvalue weighted by Gasteiger charge is -2.10. The van der Waals surface area contributed by atoms with Crippen LogP contribution >= 0.6 is 23.1 Å². The van der Waals surface area contributed by atoms with E-state index in [1.165, 1.54) is 28.6 Å². The van der Waals surface area contributed by atoms with Gasteiger partial charge in [-0.1, -0.05) is 0 Å². The Labute approximate surface area is 173 Å². The number of amidine groups is 1. The Balaban J connectivity index is 1.80. The summed E-state index contributed by atoms with van der Waals surface area (Å²) in [5.41, 5.74) is 5.21. The number of fused-ring (bicyclic) bond motifs is 1. The van der Waals surface area contributed by atoms with E-state index in [4.69, 9.17) is 0 Å². The minimum absolute atomic E-state index is 0.0281. The van der Waals surface area contributed by atoms with Gasteiger partial charge in [0.1, 0.15) is 11.1 Å². The van der Waals surface area contributed by atoms with Crippen molar-refractivity contribution in [3.8, 4) is 11.1 Å². The zero-order chi connectivity index (χ0) is 20.0. The average Bonchev–Trinajstić information content (AvgIpc) is 3.28. The fourth-order valence-corrected chi connectivity index (χ4v) is 6.33. The topological polar surface area (TPSA) is 61.4 Å². The number of thioether (sulfide) groups is 1. The molecule has 7 heteroatoms. The van der Waals surface area contributed by atoms with Gasteiger partial charge in [-0.25, -0.2) is 0 Å². The summed E-state index contributed by atoms with van der Waals surface area (Å²) in [6.45, 7) is 4.12. The number of nitrogens with zero attached hydrogens (tertiary/aromatic N) is 4. The molecule has 1 saturated heterocycles. The number of aromatic nitrogens is 1. The van der Waals surface area contributed by atoms with Gasteiger partial charge in [-0.05, 0) is 74.6 Å². The van der Waals surface area contributed by atoms with Crippen LogP contribution in [0, 0.1) is 25.2 Å². The molecule has 2 aromatic heterocycles. The lowest BCUT2D eigenvalue weighted by atomic mass is 9.96. The van der Waals surface area contributed by atoms with Gasteiger partial charge in [-0.2, -0.15) is 5.26 Å². The monoisotopic (exact) mass is 410 g/mol. The van der Waals surface area contributed by atoms with E-state index in [-0.39, 0.29) is 5.91 Å². The number of nitriles is 1. The largest absolute Gasteiger partial charge is 0.308 e. The van der Waals surface area contributed by atoms with Crippen molar-refractivity contribution in [2.75, 3.05) is 14.1 Å². The number of carbonyl (C=O) groups excluding carboxylic acids is 1. The fraction of sp³-hybridized carbons (Fsp3) is 0.381. The molecule has 28 heavy (non-hydrogen) atoms. The van der Waals surface area contributed by atoms with Crippen LogP contribution in [0.1, 0.15) is 45.8 Å². The van der Waals surface area contributed by atoms with Gasteiger partial charge in [0.25, 0.3) is 5.91 Å². The van der Waals surface area contributed by atoms with Gasteiger partial charge < -0.3 is 4.57 Å². The molecule has 0 aromatic carbocycles. The van der Waals surface area contributed by atoms with Gasteiger partial charge in [0.15, 0.2) is 5.17 Å². The molecule has 2 aromatic rings. The summed E-state index contributed by atoms with van der Waals surface area (Å²) in [4.78, 5) is 20.3. The van der Waals surface area contributed by atoms with E-state index in [0.717, 1.165) is 46.8 Å². The second-order valence-corrected chi connectivity index (χ2v) is 9.24. The van der Waals surface area contributed by atoms with Crippen molar-refractivity contribution < 1.29 is 4.79 Å². The van der Waals surface area contributed by atoms with Crippen molar-refractivity contribution >= 4 is 40.2 Å². The average molecular weight is 411 g/mol. The van der Waals surface area contributed by atoms with Crippen LogP contribution in [0.15, 0.2) is 16.0 Å². The summed E-state index contributed by atoms with van der Waals surface area (Å²) < 4.78 is 2.18. The van der Waals surface area contributed by atoms with Gasteiger partial charge >= 0.3 is 0 Å². The van der Waals surface area contributed by atoms with E-state index >= 15 is 0 Å². The second-order valence-electron chi connectivity index (χ2n) is 7.15. The summed E-state index contributed by atoms with van der Waals surface area (Å²) in [7, 11) is 3.44. The van der Waals surface area contributed by atoms with Gasteiger partial charge in [0.2, 0.25) is 0 Å². The predicted octanol–water partition coefficient (Wildman–Crippen LogP) is 4.44. The second kappa shape index (κ2) is 7.26. The van der Waals surface area contributed by atoms with Gasteiger partial charge in [0.05, 0.1) is 10.5 Å². The molecule has 0 bridgehead atoms. The summed E-state index contributed by atoms with van der Waals surface area (Å²) in [5, 5.41) is 11.6. The lowest BCUT2D eigenvalue weighted by Crippen LogP contribution is -2.23. The van der Waals surface area contributed by atoms with Crippen LogP contribution < -0.4 is 0 Å². The Morgan fingerprint density at radius 3 is 2.71 bits per heavy atom. The molecule has 0 saturated carbocycles. The molecule has 0 radical (unpaired) electrons. The van der Waals surface area contributed by atoms with E-state index in [9.17, 15) is 10.1 Å². The van der Waals surface area contributed by atoms with E-state index in [1.54, 1.807) is 30.3 Å². The molecular weight excluding hydrogens is 388 g/mol. The van der Waals surface area contributed by atoms with Crippen LogP contribution in [-0.2, 0) is 17.6 Å². The molecule has 0 spiro atoms. The maximum absolute atomic E-state index is 12.5. The number of hydrogen-bond acceptors (Lipinski definition) is 5. The molecule has 144 valence electrons. The highest BCUT2D eigenvalue weighted by atomic mass is 32.2. The number of thiophene rings is 1. The van der Waals surface area contributed by atoms with Crippen molar-refractivity contribution in [2.45, 2.75) is 39.5 Å². The van der Waals surface area contributed by atoms with Crippen molar-refractivity contribution in [3.63, 3.8) is 0 Å². The number of amides is 1. The molecule has 2 aliphatic rings. The minimum atomic E-state index is -0.0281. The van der Waals surface area contributed by atoms with Gasteiger partial charge in [-0.15, -0.1) is 11.3 Å². The third kappa shape index (κ3) is 2.92. The molecule has 0 N–H and O–H groups in total. The zero-order valence-electron chi connectivity index (χ0n) is 16.5. The minimum Gasteiger partial charge on any atom is -0.308 e. The maximum atomic E-state index is 12.5. The van der Waals surface area contributed by atoms with E-state index in [0.29, 0.717) is 10.1 Å². The van der Waals surface area contributed by atoms with Gasteiger partial charge in [0, 0.05) is 30.4 Å². The van der Waals surface area contributed by atoms with Crippen LogP contribution in [0.2, 0.25) is 0 Å². The quantitative estimate of drug-likeness (QED) is 0.688. The first kappa shape index (κ1) is 19.0. The van der Waals surface area contributed by atoms with Crippen LogP contribution in [0.5, 0.6) is 0 Å². The Morgan fingerprint density at radius 2 is 2.04 bits per heavy atom. The standard InChI is InChI=1S/C21H22N4OS2/c1-12-9-14(10-18-19(26)24(4)21(23-3)28-18)13(2)25(12)20-16(11-22)15-7-5-6-8-17(15)27-20/h9-10H,5-8H2,1-4H3/b18-10-,23-21?. The molecule has 1 amide bonds. The normalized spacial score (nSPS) is 19.5. The molecule has 0 atom stereocenters. The zero-order valence-corrected chi connectivity index (χ0v) is 18.1. The fourth-order valence-electron chi connectivity index (χ4n) is 3.96. The van der Waals surface area contributed by atoms with E-state index < -0.39 is 0 Å². The van der Waals surface area contributed by atoms with Gasteiger partial charge in [-0.3, -0.25) is 14.7 Å². The van der Waals surface area contributed by atoms with Crippen LogP contribution in [0.25, 0.3) is 11.1 Å². The Morgan fingerprint density at radius 1 is 1.29 bits per heavy atom. The van der Waals surface area contributed by atoms with Crippen molar-refractivity contribution in [1.82, 2.24) is 9.47 Å². The molecular formula is C21H22N4OS2. The molecule has 3 heterocycles. The van der Waals surface area contributed by atoms with Crippen molar-refractivity contribution in [1.29, 1.82) is 5.26 Å². The SMILES string of the molecule is CN=C1S/C(=C\c2cc(C)n(-c3sc4c(c3C#N)CCCC4)c2C)C(=O)N1C. The first-order valence-corrected chi connectivity index (χ1v) is 11.0. The number of rotatable bonds is 2. The summed E-state index contributed by atoms with van der Waals surface area (Å²) in [6.07, 6.45) is 6.38. The Kier molecular flexibility index (Phi) is 4.94. The number of hydrogen-bond donors (Lipinski definition) is 0. The highest BCUT2D eigenvalue weighted by Crippen LogP contribution is 2.39. The molecule has 4 rings (SSSR count). The van der Waals surface area contributed by atoms with Crippen LogP contribution in [0.4, 0.5) is 0 Å². The first-order valence-electron chi connectivity index (χ1n) is 9.34. The lowest BCUT2D eigenvalue weighted by molar-refractivity contribution is -0.121. The number of aliphatic imine (C=N–C) groups is 1. The third-order valence-electron chi connectivity index (χ3n) is 5.42. The summed E-state index contributed by atoms with van der Waals surface area (Å²) >= 11 is 3.15. The van der Waals surface area contributed by atoms with E-state index in [2.05, 4.69) is 35.5 Å². The number of aryl methyl sites for hydroxylation is 2. The third-order valence-corrected chi connectivity index (χ3v) is 7.85. The summed E-state index contributed by atoms with van der Waals surface area (Å²) in [6, 6.07) is 4.55.